The van der Waals surface area contributed by atoms with Crippen LogP contribution in [0.1, 0.15) is 26.3 Å². The lowest BCUT2D eigenvalue weighted by Crippen LogP contribution is -2.21. The molecule has 0 saturated carbocycles. The van der Waals surface area contributed by atoms with E-state index in [-0.39, 0.29) is 11.8 Å². The first-order valence-electron chi connectivity index (χ1n) is 9.43. The topological polar surface area (TPSA) is 58.6 Å². The Morgan fingerprint density at radius 2 is 1.45 bits per heavy atom. The molecule has 2 amide bonds. The van der Waals surface area contributed by atoms with E-state index in [1.165, 1.54) is 10.5 Å². The van der Waals surface area contributed by atoms with E-state index in [1.54, 1.807) is 62.6 Å². The molecule has 0 aliphatic heterocycles. The summed E-state index contributed by atoms with van der Waals surface area (Å²) in [5.41, 5.74) is 2.97. The van der Waals surface area contributed by atoms with Crippen molar-refractivity contribution in [3.05, 3.63) is 95.6 Å². The Hall–Kier alpha value is -3.60. The minimum absolute atomic E-state index is 0.0780. The van der Waals surface area contributed by atoms with E-state index < -0.39 is 0 Å². The van der Waals surface area contributed by atoms with Crippen molar-refractivity contribution in [2.24, 2.45) is 0 Å². The van der Waals surface area contributed by atoms with Crippen molar-refractivity contribution in [3.63, 3.8) is 0 Å². The number of ether oxygens (including phenoxy) is 1. The summed E-state index contributed by atoms with van der Waals surface area (Å²) in [7, 11) is 3.40. The number of carbonyl (C=O) groups is 2. The molecule has 5 nitrogen and oxygen atoms in total. The van der Waals surface area contributed by atoms with E-state index in [0.29, 0.717) is 23.4 Å². The van der Waals surface area contributed by atoms with E-state index in [4.69, 9.17) is 4.74 Å². The van der Waals surface area contributed by atoms with Crippen LogP contribution in [0.5, 0.6) is 5.75 Å². The first-order valence-corrected chi connectivity index (χ1v) is 9.43. The molecule has 29 heavy (non-hydrogen) atoms. The fourth-order valence-corrected chi connectivity index (χ4v) is 2.79. The molecule has 0 spiro atoms. The molecule has 3 aromatic rings. The monoisotopic (exact) mass is 388 g/mol. The molecule has 0 radical (unpaired) electrons. The van der Waals surface area contributed by atoms with Crippen molar-refractivity contribution in [3.8, 4) is 5.75 Å². The maximum absolute atomic E-state index is 12.4. The molecule has 0 aliphatic carbocycles. The molecule has 148 valence electrons. The standard InChI is InChI=1S/C24H24N2O3/c1-26(2)24(28)20-8-12-21(13-9-20)25-23(27)19-10-14-22(15-11-19)29-17-16-18-6-4-3-5-7-18/h3-15H,16-17H2,1-2H3,(H,25,27). The lowest BCUT2D eigenvalue weighted by Gasteiger charge is -2.11. The second-order valence-electron chi connectivity index (χ2n) is 6.84. The number of carbonyl (C=O) groups excluding carboxylic acids is 2. The number of amides is 2. The Labute approximate surface area is 170 Å². The van der Waals surface area contributed by atoms with E-state index in [0.717, 1.165) is 12.2 Å². The summed E-state index contributed by atoms with van der Waals surface area (Å²) in [6, 6.07) is 24.0. The Kier molecular flexibility index (Phi) is 6.63. The van der Waals surface area contributed by atoms with Crippen LogP contribution in [-0.2, 0) is 6.42 Å². The van der Waals surface area contributed by atoms with E-state index in [2.05, 4.69) is 17.4 Å². The first-order chi connectivity index (χ1) is 14.0. The minimum Gasteiger partial charge on any atom is -0.493 e. The number of benzene rings is 3. The zero-order chi connectivity index (χ0) is 20.6. The highest BCUT2D eigenvalue weighted by atomic mass is 16.5. The molecule has 5 heteroatoms. The van der Waals surface area contributed by atoms with Gasteiger partial charge in [0.25, 0.3) is 11.8 Å². The molecular weight excluding hydrogens is 364 g/mol. The highest BCUT2D eigenvalue weighted by Crippen LogP contribution is 2.16. The maximum Gasteiger partial charge on any atom is 0.255 e. The SMILES string of the molecule is CN(C)C(=O)c1ccc(NC(=O)c2ccc(OCCc3ccccc3)cc2)cc1. The first kappa shape index (κ1) is 20.1. The Bertz CT molecular complexity index is 950. The summed E-state index contributed by atoms with van der Waals surface area (Å²) in [4.78, 5) is 25.8. The van der Waals surface area contributed by atoms with Gasteiger partial charge in [-0.2, -0.15) is 0 Å². The van der Waals surface area contributed by atoms with Gasteiger partial charge in [0.1, 0.15) is 5.75 Å². The molecule has 0 atom stereocenters. The lowest BCUT2D eigenvalue weighted by molar-refractivity contribution is 0.0827. The molecular formula is C24H24N2O3. The van der Waals surface area contributed by atoms with Crippen LogP contribution in [0.15, 0.2) is 78.9 Å². The van der Waals surface area contributed by atoms with Gasteiger partial charge < -0.3 is 15.0 Å². The molecule has 0 heterocycles. The number of rotatable bonds is 7. The van der Waals surface area contributed by atoms with Crippen LogP contribution < -0.4 is 10.1 Å². The van der Waals surface area contributed by atoms with Crippen LogP contribution in [0.25, 0.3) is 0 Å². The fraction of sp³-hybridized carbons (Fsp3) is 0.167. The van der Waals surface area contributed by atoms with Crippen LogP contribution in [0, 0.1) is 0 Å². The van der Waals surface area contributed by atoms with Gasteiger partial charge in [-0.05, 0) is 54.1 Å². The van der Waals surface area contributed by atoms with Crippen molar-refractivity contribution in [1.82, 2.24) is 4.90 Å². The number of hydrogen-bond donors (Lipinski definition) is 1. The van der Waals surface area contributed by atoms with Gasteiger partial charge in [-0.25, -0.2) is 0 Å². The number of anilines is 1. The molecule has 0 fully saturated rings. The summed E-state index contributed by atoms with van der Waals surface area (Å²) in [6.45, 7) is 0.577. The van der Waals surface area contributed by atoms with Gasteiger partial charge in [0.15, 0.2) is 0 Å². The molecule has 3 aromatic carbocycles. The van der Waals surface area contributed by atoms with Gasteiger partial charge in [-0.15, -0.1) is 0 Å². The molecule has 1 N–H and O–H groups in total. The largest absolute Gasteiger partial charge is 0.493 e. The van der Waals surface area contributed by atoms with Gasteiger partial charge in [0.05, 0.1) is 6.61 Å². The van der Waals surface area contributed by atoms with Crippen molar-refractivity contribution in [1.29, 1.82) is 0 Å². The maximum atomic E-state index is 12.4. The summed E-state index contributed by atoms with van der Waals surface area (Å²) in [5.74, 6) is 0.433. The molecule has 3 rings (SSSR count). The quantitative estimate of drug-likeness (QED) is 0.658. The lowest BCUT2D eigenvalue weighted by atomic mass is 10.1. The predicted octanol–water partition coefficient (Wildman–Crippen LogP) is 4.26. The van der Waals surface area contributed by atoms with Crippen molar-refractivity contribution >= 4 is 17.5 Å². The van der Waals surface area contributed by atoms with Crippen molar-refractivity contribution in [2.45, 2.75) is 6.42 Å². The molecule has 0 bridgehead atoms. The normalized spacial score (nSPS) is 10.3. The van der Waals surface area contributed by atoms with Crippen LogP contribution >= 0.6 is 0 Å². The minimum atomic E-state index is -0.215. The average molecular weight is 388 g/mol. The molecule has 0 aromatic heterocycles. The average Bonchev–Trinajstić information content (AvgIpc) is 2.75. The number of nitrogens with one attached hydrogen (secondary N) is 1. The van der Waals surface area contributed by atoms with Gasteiger partial charge in [-0.1, -0.05) is 30.3 Å². The van der Waals surface area contributed by atoms with E-state index in [9.17, 15) is 9.59 Å². The van der Waals surface area contributed by atoms with Crippen LogP contribution in [0.2, 0.25) is 0 Å². The molecule has 0 saturated heterocycles. The fourth-order valence-electron chi connectivity index (χ4n) is 2.79. The smallest absolute Gasteiger partial charge is 0.255 e. The summed E-state index contributed by atoms with van der Waals surface area (Å²) in [5, 5.41) is 2.83. The van der Waals surface area contributed by atoms with E-state index >= 15 is 0 Å². The third-order valence-corrected chi connectivity index (χ3v) is 4.41. The van der Waals surface area contributed by atoms with Crippen LogP contribution in [0.4, 0.5) is 5.69 Å². The number of nitrogens with zero attached hydrogens (tertiary/aromatic N) is 1. The van der Waals surface area contributed by atoms with Gasteiger partial charge in [-0.3, -0.25) is 9.59 Å². The van der Waals surface area contributed by atoms with Crippen molar-refractivity contribution < 1.29 is 14.3 Å². The number of hydrogen-bond acceptors (Lipinski definition) is 3. The predicted molar refractivity (Wildman–Crippen MR) is 114 cm³/mol. The van der Waals surface area contributed by atoms with Crippen LogP contribution in [0.3, 0.4) is 0 Å². The second-order valence-corrected chi connectivity index (χ2v) is 6.84. The zero-order valence-corrected chi connectivity index (χ0v) is 16.6. The third-order valence-electron chi connectivity index (χ3n) is 4.41. The second kappa shape index (κ2) is 9.55. The summed E-state index contributed by atoms with van der Waals surface area (Å²) < 4.78 is 5.75. The zero-order valence-electron chi connectivity index (χ0n) is 16.6. The molecule has 0 unspecified atom stereocenters. The highest BCUT2D eigenvalue weighted by Gasteiger charge is 2.09. The Balaban J connectivity index is 1.52. The van der Waals surface area contributed by atoms with Crippen LogP contribution in [-0.4, -0.2) is 37.4 Å². The third kappa shape index (κ3) is 5.69. The van der Waals surface area contributed by atoms with Gasteiger partial charge in [0, 0.05) is 37.3 Å². The Morgan fingerprint density at radius 3 is 2.07 bits per heavy atom. The van der Waals surface area contributed by atoms with E-state index in [1.807, 2.05) is 18.2 Å². The summed E-state index contributed by atoms with van der Waals surface area (Å²) in [6.07, 6.45) is 0.829. The van der Waals surface area contributed by atoms with Crippen molar-refractivity contribution in [2.75, 3.05) is 26.0 Å². The Morgan fingerprint density at radius 1 is 0.828 bits per heavy atom. The molecule has 0 aliphatic rings. The summed E-state index contributed by atoms with van der Waals surface area (Å²) >= 11 is 0. The van der Waals surface area contributed by atoms with Gasteiger partial charge in [0.2, 0.25) is 0 Å². The highest BCUT2D eigenvalue weighted by molar-refractivity contribution is 6.04. The van der Waals surface area contributed by atoms with Gasteiger partial charge >= 0.3 is 0 Å².